The maximum absolute atomic E-state index is 11.2. The van der Waals surface area contributed by atoms with Crippen molar-refractivity contribution in [3.63, 3.8) is 0 Å². The molecule has 0 atom stereocenters. The standard InChI is InChI=1S/C7H10N4O2/c1-5(12)3-8-7(13)6-4-9-11(2)10-6/h4H,3H2,1-2H3,(H,8,13). The SMILES string of the molecule is CC(=O)CNC(=O)c1cnn(C)n1. The number of rotatable bonds is 3. The van der Waals surface area contributed by atoms with Gasteiger partial charge in [-0.1, -0.05) is 0 Å². The number of amides is 1. The summed E-state index contributed by atoms with van der Waals surface area (Å²) < 4.78 is 0. The number of hydrogen-bond acceptors (Lipinski definition) is 4. The second kappa shape index (κ2) is 3.79. The van der Waals surface area contributed by atoms with Crippen LogP contribution in [0.3, 0.4) is 0 Å². The van der Waals surface area contributed by atoms with Crippen molar-refractivity contribution < 1.29 is 9.59 Å². The zero-order chi connectivity index (χ0) is 9.84. The van der Waals surface area contributed by atoms with E-state index in [1.165, 1.54) is 17.9 Å². The molecule has 1 N–H and O–H groups in total. The van der Waals surface area contributed by atoms with Gasteiger partial charge in [0.15, 0.2) is 5.69 Å². The number of nitrogens with zero attached hydrogens (tertiary/aromatic N) is 3. The van der Waals surface area contributed by atoms with Gasteiger partial charge in [-0.2, -0.15) is 9.90 Å². The Morgan fingerprint density at radius 2 is 2.31 bits per heavy atom. The lowest BCUT2D eigenvalue weighted by Gasteiger charge is -1.97. The first-order chi connectivity index (χ1) is 6.09. The lowest BCUT2D eigenvalue weighted by atomic mass is 10.4. The summed E-state index contributed by atoms with van der Waals surface area (Å²) in [5, 5.41) is 9.90. The first kappa shape index (κ1) is 9.37. The van der Waals surface area contributed by atoms with Crippen molar-refractivity contribution in [1.82, 2.24) is 20.3 Å². The van der Waals surface area contributed by atoms with Crippen molar-refractivity contribution in [1.29, 1.82) is 0 Å². The molecule has 1 aromatic heterocycles. The molecular formula is C7H10N4O2. The number of aromatic nitrogens is 3. The smallest absolute Gasteiger partial charge is 0.273 e. The Labute approximate surface area is 74.9 Å². The molecule has 6 nitrogen and oxygen atoms in total. The Kier molecular flexibility index (Phi) is 2.73. The van der Waals surface area contributed by atoms with E-state index in [4.69, 9.17) is 0 Å². The fourth-order valence-corrected chi connectivity index (χ4v) is 0.745. The maximum atomic E-state index is 11.2. The molecule has 0 saturated heterocycles. The number of hydrogen-bond donors (Lipinski definition) is 1. The lowest BCUT2D eigenvalue weighted by molar-refractivity contribution is -0.116. The van der Waals surface area contributed by atoms with Gasteiger partial charge >= 0.3 is 0 Å². The molecule has 0 aliphatic carbocycles. The van der Waals surface area contributed by atoms with Crippen LogP contribution in [-0.4, -0.2) is 33.2 Å². The molecule has 0 aliphatic heterocycles. The molecule has 0 saturated carbocycles. The summed E-state index contributed by atoms with van der Waals surface area (Å²) in [7, 11) is 1.61. The van der Waals surface area contributed by atoms with Crippen LogP contribution in [0, 0.1) is 0 Å². The van der Waals surface area contributed by atoms with Gasteiger partial charge in [0.2, 0.25) is 0 Å². The minimum absolute atomic E-state index is 0.0232. The van der Waals surface area contributed by atoms with Gasteiger partial charge in [0.25, 0.3) is 5.91 Å². The van der Waals surface area contributed by atoms with Crippen molar-refractivity contribution >= 4 is 11.7 Å². The third-order valence-corrected chi connectivity index (χ3v) is 1.33. The van der Waals surface area contributed by atoms with E-state index < -0.39 is 0 Å². The van der Waals surface area contributed by atoms with E-state index in [9.17, 15) is 9.59 Å². The van der Waals surface area contributed by atoms with E-state index in [0.29, 0.717) is 0 Å². The molecule has 70 valence electrons. The van der Waals surface area contributed by atoms with Crippen molar-refractivity contribution in [2.45, 2.75) is 6.92 Å². The Morgan fingerprint density at radius 1 is 1.62 bits per heavy atom. The molecule has 0 spiro atoms. The fraction of sp³-hybridized carbons (Fsp3) is 0.429. The predicted octanol–water partition coefficient (Wildman–Crippen LogP) is -0.866. The quantitative estimate of drug-likeness (QED) is 0.659. The van der Waals surface area contributed by atoms with Crippen molar-refractivity contribution in [3.8, 4) is 0 Å². The van der Waals surface area contributed by atoms with Gasteiger partial charge in [0.1, 0.15) is 5.78 Å². The van der Waals surface area contributed by atoms with Crippen molar-refractivity contribution in [2.75, 3.05) is 6.54 Å². The molecule has 0 radical (unpaired) electrons. The zero-order valence-electron chi connectivity index (χ0n) is 7.44. The van der Waals surface area contributed by atoms with Crippen LogP contribution in [0.1, 0.15) is 17.4 Å². The van der Waals surface area contributed by atoms with Crippen molar-refractivity contribution in [2.24, 2.45) is 7.05 Å². The summed E-state index contributed by atoms with van der Waals surface area (Å²) in [4.78, 5) is 23.0. The van der Waals surface area contributed by atoms with Gasteiger partial charge in [0.05, 0.1) is 12.7 Å². The number of carbonyl (C=O) groups is 2. The summed E-state index contributed by atoms with van der Waals surface area (Å²) in [6.45, 7) is 1.42. The molecule has 0 aromatic carbocycles. The van der Waals surface area contributed by atoms with E-state index in [0.717, 1.165) is 0 Å². The summed E-state index contributed by atoms with van der Waals surface area (Å²) >= 11 is 0. The number of carbonyl (C=O) groups excluding carboxylic acids is 2. The average molecular weight is 182 g/mol. The number of aryl methyl sites for hydroxylation is 1. The van der Waals surface area contributed by atoms with Crippen LogP contribution in [0.5, 0.6) is 0 Å². The topological polar surface area (TPSA) is 76.9 Å². The van der Waals surface area contributed by atoms with E-state index in [1.54, 1.807) is 7.05 Å². The molecule has 1 rings (SSSR count). The summed E-state index contributed by atoms with van der Waals surface area (Å²) in [6, 6.07) is 0. The Morgan fingerprint density at radius 3 is 2.77 bits per heavy atom. The highest BCUT2D eigenvalue weighted by Gasteiger charge is 2.08. The van der Waals surface area contributed by atoms with Gasteiger partial charge in [0, 0.05) is 7.05 Å². The third-order valence-electron chi connectivity index (χ3n) is 1.33. The molecule has 1 aromatic rings. The summed E-state index contributed by atoms with van der Waals surface area (Å²) in [5.74, 6) is -0.486. The van der Waals surface area contributed by atoms with Gasteiger partial charge in [-0.3, -0.25) is 9.59 Å². The van der Waals surface area contributed by atoms with E-state index in [-0.39, 0.29) is 23.9 Å². The van der Waals surface area contributed by atoms with Crippen molar-refractivity contribution in [3.05, 3.63) is 11.9 Å². The van der Waals surface area contributed by atoms with Crippen LogP contribution < -0.4 is 5.32 Å². The van der Waals surface area contributed by atoms with Crippen LogP contribution >= 0.6 is 0 Å². The van der Waals surface area contributed by atoms with E-state index in [2.05, 4.69) is 15.5 Å². The molecule has 0 fully saturated rings. The van der Waals surface area contributed by atoms with Crippen LogP contribution in [0.15, 0.2) is 6.20 Å². The fourth-order valence-electron chi connectivity index (χ4n) is 0.745. The second-order valence-electron chi connectivity index (χ2n) is 2.60. The number of nitrogens with one attached hydrogen (secondary N) is 1. The highest BCUT2D eigenvalue weighted by atomic mass is 16.2. The molecule has 1 amide bonds. The highest BCUT2D eigenvalue weighted by Crippen LogP contribution is 1.89. The first-order valence-electron chi connectivity index (χ1n) is 3.73. The minimum Gasteiger partial charge on any atom is -0.344 e. The third kappa shape index (κ3) is 2.66. The molecule has 0 aliphatic rings. The number of Topliss-reactive ketones (excluding diaryl/α,β-unsaturated/α-hetero) is 1. The van der Waals surface area contributed by atoms with Gasteiger partial charge in [-0.15, -0.1) is 5.10 Å². The Balaban J connectivity index is 2.54. The van der Waals surface area contributed by atoms with Crippen LogP contribution in [0.2, 0.25) is 0 Å². The van der Waals surface area contributed by atoms with E-state index >= 15 is 0 Å². The average Bonchev–Trinajstić information content (AvgIpc) is 2.47. The normalized spacial score (nSPS) is 9.69. The minimum atomic E-state index is -0.386. The molecule has 0 bridgehead atoms. The predicted molar refractivity (Wildman–Crippen MR) is 44.0 cm³/mol. The molecule has 0 unspecified atom stereocenters. The second-order valence-corrected chi connectivity index (χ2v) is 2.60. The zero-order valence-corrected chi connectivity index (χ0v) is 7.44. The molecular weight excluding hydrogens is 172 g/mol. The monoisotopic (exact) mass is 182 g/mol. The Hall–Kier alpha value is -1.72. The van der Waals surface area contributed by atoms with Crippen LogP contribution in [-0.2, 0) is 11.8 Å². The Bertz CT molecular complexity index is 331. The largest absolute Gasteiger partial charge is 0.344 e. The molecule has 13 heavy (non-hydrogen) atoms. The number of ketones is 1. The first-order valence-corrected chi connectivity index (χ1v) is 3.73. The molecule has 6 heteroatoms. The summed E-state index contributed by atoms with van der Waals surface area (Å²) in [6.07, 6.45) is 1.34. The van der Waals surface area contributed by atoms with Gasteiger partial charge in [-0.25, -0.2) is 0 Å². The van der Waals surface area contributed by atoms with Crippen LogP contribution in [0.4, 0.5) is 0 Å². The maximum Gasteiger partial charge on any atom is 0.273 e. The lowest BCUT2D eigenvalue weighted by Crippen LogP contribution is -2.28. The highest BCUT2D eigenvalue weighted by molar-refractivity contribution is 5.94. The summed E-state index contributed by atoms with van der Waals surface area (Å²) in [5.41, 5.74) is 0.212. The van der Waals surface area contributed by atoms with Gasteiger partial charge in [-0.05, 0) is 6.92 Å². The van der Waals surface area contributed by atoms with Crippen LogP contribution in [0.25, 0.3) is 0 Å². The van der Waals surface area contributed by atoms with E-state index in [1.807, 2.05) is 0 Å². The molecule has 1 heterocycles. The van der Waals surface area contributed by atoms with Gasteiger partial charge < -0.3 is 5.32 Å².